The van der Waals surface area contributed by atoms with Gasteiger partial charge in [-0.15, -0.1) is 0 Å². The first-order chi connectivity index (χ1) is 14.9. The first-order valence-electron chi connectivity index (χ1n) is 10.9. The molecule has 0 aliphatic carbocycles. The molecule has 0 radical (unpaired) electrons. The van der Waals surface area contributed by atoms with E-state index in [4.69, 9.17) is 0 Å². The van der Waals surface area contributed by atoms with Crippen molar-refractivity contribution in [2.24, 2.45) is 0 Å². The summed E-state index contributed by atoms with van der Waals surface area (Å²) in [5, 5.41) is 0. The summed E-state index contributed by atoms with van der Waals surface area (Å²) < 4.78 is 0. The smallest absolute Gasteiger partial charge is 0.259 e. The van der Waals surface area contributed by atoms with Crippen LogP contribution >= 0.6 is 0 Å². The molecule has 0 saturated carbocycles. The highest BCUT2D eigenvalue weighted by Gasteiger charge is 2.41. The molecule has 1 amide bonds. The molecule has 0 saturated heterocycles. The summed E-state index contributed by atoms with van der Waals surface area (Å²) in [5.41, 5.74) is 6.54. The Hall–Kier alpha value is -3.33. The number of anilines is 2. The Kier molecular flexibility index (Phi) is 4.51. The summed E-state index contributed by atoms with van der Waals surface area (Å²) in [6.07, 6.45) is 4.29. The van der Waals surface area contributed by atoms with Crippen molar-refractivity contribution in [2.45, 2.75) is 38.3 Å². The van der Waals surface area contributed by atoms with Crippen molar-refractivity contribution in [3.05, 3.63) is 101 Å². The lowest BCUT2D eigenvalue weighted by molar-refractivity contribution is 0.0980. The molecule has 31 heavy (non-hydrogen) atoms. The number of nitrogens with zero attached hydrogens (tertiary/aromatic N) is 2. The first-order valence-corrected chi connectivity index (χ1v) is 10.9. The second-order valence-electron chi connectivity index (χ2n) is 9.19. The van der Waals surface area contributed by atoms with Crippen molar-refractivity contribution < 1.29 is 4.79 Å². The first kappa shape index (κ1) is 19.6. The molecule has 2 aliphatic rings. The molecule has 3 aromatic carbocycles. The summed E-state index contributed by atoms with van der Waals surface area (Å²) in [7, 11) is 2.17. The fourth-order valence-corrected chi connectivity index (χ4v) is 4.97. The van der Waals surface area contributed by atoms with Gasteiger partial charge in [0.1, 0.15) is 0 Å². The zero-order chi connectivity index (χ0) is 21.8. The third-order valence-electron chi connectivity index (χ3n) is 7.23. The van der Waals surface area contributed by atoms with Gasteiger partial charge in [0.15, 0.2) is 0 Å². The van der Waals surface area contributed by atoms with Crippen LogP contribution in [0.2, 0.25) is 0 Å². The SMILES string of the molecule is CC1N(C)c2ccc(C3C=Cc4ccccc4N3C(=O)c3ccccc3)cc2C1(C)C. The summed E-state index contributed by atoms with van der Waals surface area (Å²) in [6.45, 7) is 6.90. The number of para-hydroxylation sites is 1. The van der Waals surface area contributed by atoms with Crippen molar-refractivity contribution in [3.8, 4) is 0 Å². The monoisotopic (exact) mass is 408 g/mol. The number of fused-ring (bicyclic) bond motifs is 2. The van der Waals surface area contributed by atoms with E-state index in [1.165, 1.54) is 11.3 Å². The van der Waals surface area contributed by atoms with E-state index in [-0.39, 0.29) is 17.4 Å². The maximum absolute atomic E-state index is 13.7. The van der Waals surface area contributed by atoms with Crippen LogP contribution in [0.25, 0.3) is 6.08 Å². The molecule has 2 heterocycles. The Morgan fingerprint density at radius 2 is 1.61 bits per heavy atom. The summed E-state index contributed by atoms with van der Waals surface area (Å²) in [5.74, 6) is 0.0210. The molecule has 2 atom stereocenters. The lowest BCUT2D eigenvalue weighted by atomic mass is 9.80. The number of hydrogen-bond donors (Lipinski definition) is 0. The van der Waals surface area contributed by atoms with Crippen molar-refractivity contribution in [1.82, 2.24) is 0 Å². The Labute approximate surface area is 184 Å². The molecule has 3 nitrogen and oxygen atoms in total. The third kappa shape index (κ3) is 2.99. The summed E-state index contributed by atoms with van der Waals surface area (Å²) >= 11 is 0. The topological polar surface area (TPSA) is 23.6 Å². The standard InChI is InChI=1S/C28H28N2O/c1-19-28(2,3)23-18-22(15-17-26(23)29(19)4)25-16-14-20-10-8-9-13-24(20)30(25)27(31)21-11-6-5-7-12-21/h5-19,25H,1-4H3. The van der Waals surface area contributed by atoms with Crippen LogP contribution in [0, 0.1) is 0 Å². The van der Waals surface area contributed by atoms with E-state index in [2.05, 4.69) is 69.1 Å². The maximum atomic E-state index is 13.7. The van der Waals surface area contributed by atoms with E-state index < -0.39 is 0 Å². The van der Waals surface area contributed by atoms with E-state index in [9.17, 15) is 4.79 Å². The zero-order valence-corrected chi connectivity index (χ0v) is 18.5. The average Bonchev–Trinajstić information content (AvgIpc) is 2.98. The number of carbonyl (C=O) groups excluding carboxylic acids is 1. The van der Waals surface area contributed by atoms with E-state index in [1.54, 1.807) is 0 Å². The minimum absolute atomic E-state index is 0.0210. The Morgan fingerprint density at radius 3 is 2.39 bits per heavy atom. The second kappa shape index (κ2) is 7.12. The summed E-state index contributed by atoms with van der Waals surface area (Å²) in [4.78, 5) is 18.0. The lowest BCUT2D eigenvalue weighted by Gasteiger charge is -2.35. The van der Waals surface area contributed by atoms with E-state index in [1.807, 2.05) is 53.4 Å². The molecule has 0 bridgehead atoms. The van der Waals surface area contributed by atoms with Crippen LogP contribution in [0.15, 0.2) is 78.9 Å². The highest BCUT2D eigenvalue weighted by Crippen LogP contribution is 2.46. The number of carbonyl (C=O) groups is 1. The minimum atomic E-state index is -0.148. The van der Waals surface area contributed by atoms with Gasteiger partial charge in [0, 0.05) is 29.8 Å². The zero-order valence-electron chi connectivity index (χ0n) is 18.5. The Morgan fingerprint density at radius 1 is 0.903 bits per heavy atom. The van der Waals surface area contributed by atoms with Crippen LogP contribution in [0.1, 0.15) is 53.9 Å². The van der Waals surface area contributed by atoms with Gasteiger partial charge in [0.2, 0.25) is 0 Å². The molecule has 3 heteroatoms. The molecule has 0 aromatic heterocycles. The van der Waals surface area contributed by atoms with Crippen molar-refractivity contribution in [1.29, 1.82) is 0 Å². The van der Waals surface area contributed by atoms with Gasteiger partial charge in [0.05, 0.1) is 11.7 Å². The van der Waals surface area contributed by atoms with E-state index in [0.717, 1.165) is 16.8 Å². The Bertz CT molecular complexity index is 1180. The van der Waals surface area contributed by atoms with E-state index >= 15 is 0 Å². The lowest BCUT2D eigenvalue weighted by Crippen LogP contribution is -2.36. The molecule has 5 rings (SSSR count). The molecule has 2 unspecified atom stereocenters. The van der Waals surface area contributed by atoms with Crippen LogP contribution in [-0.4, -0.2) is 19.0 Å². The van der Waals surface area contributed by atoms with Gasteiger partial charge in [-0.05, 0) is 47.9 Å². The van der Waals surface area contributed by atoms with Gasteiger partial charge < -0.3 is 4.90 Å². The quantitative estimate of drug-likeness (QED) is 0.503. The van der Waals surface area contributed by atoms with Gasteiger partial charge in [-0.25, -0.2) is 0 Å². The maximum Gasteiger partial charge on any atom is 0.259 e. The summed E-state index contributed by atoms with van der Waals surface area (Å²) in [6, 6.07) is 24.7. The highest BCUT2D eigenvalue weighted by atomic mass is 16.2. The van der Waals surface area contributed by atoms with Crippen molar-refractivity contribution in [2.75, 3.05) is 16.8 Å². The fourth-order valence-electron chi connectivity index (χ4n) is 4.97. The second-order valence-corrected chi connectivity index (χ2v) is 9.19. The number of hydrogen-bond acceptors (Lipinski definition) is 2. The van der Waals surface area contributed by atoms with Gasteiger partial charge in [-0.1, -0.05) is 74.5 Å². The Balaban J connectivity index is 1.64. The number of amides is 1. The minimum Gasteiger partial charge on any atom is -0.371 e. The predicted octanol–water partition coefficient (Wildman–Crippen LogP) is 6.22. The van der Waals surface area contributed by atoms with E-state index in [0.29, 0.717) is 11.6 Å². The van der Waals surface area contributed by atoms with Crippen LogP contribution in [0.3, 0.4) is 0 Å². The van der Waals surface area contributed by atoms with Crippen LogP contribution in [0.5, 0.6) is 0 Å². The molecule has 3 aromatic rings. The fraction of sp³-hybridized carbons (Fsp3) is 0.250. The molecular formula is C28H28N2O. The molecule has 2 aliphatic heterocycles. The largest absolute Gasteiger partial charge is 0.371 e. The van der Waals surface area contributed by atoms with Crippen LogP contribution in [0.4, 0.5) is 11.4 Å². The highest BCUT2D eigenvalue weighted by molar-refractivity contribution is 6.08. The predicted molar refractivity (Wildman–Crippen MR) is 129 cm³/mol. The van der Waals surface area contributed by atoms with Gasteiger partial charge in [-0.3, -0.25) is 9.69 Å². The van der Waals surface area contributed by atoms with Gasteiger partial charge >= 0.3 is 0 Å². The molecular weight excluding hydrogens is 380 g/mol. The molecule has 156 valence electrons. The van der Waals surface area contributed by atoms with Crippen LogP contribution in [-0.2, 0) is 5.41 Å². The number of rotatable bonds is 2. The number of benzene rings is 3. The molecule has 0 spiro atoms. The third-order valence-corrected chi connectivity index (χ3v) is 7.23. The normalized spacial score (nSPS) is 21.0. The van der Waals surface area contributed by atoms with Crippen molar-refractivity contribution >= 4 is 23.4 Å². The number of likely N-dealkylation sites (N-methyl/N-ethyl adjacent to an activating group) is 1. The molecule has 0 N–H and O–H groups in total. The molecule has 0 fully saturated rings. The van der Waals surface area contributed by atoms with Gasteiger partial charge in [0.25, 0.3) is 5.91 Å². The van der Waals surface area contributed by atoms with Gasteiger partial charge in [-0.2, -0.15) is 0 Å². The van der Waals surface area contributed by atoms with Crippen molar-refractivity contribution in [3.63, 3.8) is 0 Å². The van der Waals surface area contributed by atoms with Crippen LogP contribution < -0.4 is 9.80 Å². The average molecular weight is 409 g/mol.